The normalized spacial score (nSPS) is 13.0. The monoisotopic (exact) mass is 340 g/mol. The van der Waals surface area contributed by atoms with E-state index in [0.717, 1.165) is 11.1 Å². The first-order chi connectivity index (χ1) is 10.1. The Hall–Kier alpha value is -0.324. The van der Waals surface area contributed by atoms with Crippen LogP contribution in [0.4, 0.5) is 0 Å². The molecular weight excluding hydrogens is 326 g/mol. The van der Waals surface area contributed by atoms with Gasteiger partial charge in [-0.1, -0.05) is 60.7 Å². The molecule has 108 valence electrons. The molecule has 2 aromatic rings. The van der Waals surface area contributed by atoms with E-state index in [0.29, 0.717) is 0 Å². The Kier molecular flexibility index (Phi) is 8.73. The average molecular weight is 340 g/mol. The fraction of sp³-hybridized carbons (Fsp3) is 0.133. The number of hydrogen-bond acceptors (Lipinski definition) is 5. The van der Waals surface area contributed by atoms with Gasteiger partial charge in [-0.2, -0.15) is 10.3 Å². The van der Waals surface area contributed by atoms with Crippen molar-refractivity contribution in [1.29, 1.82) is 5.26 Å². The molecule has 0 aliphatic heterocycles. The van der Waals surface area contributed by atoms with Gasteiger partial charge in [0.25, 0.3) is 7.60 Å². The first-order valence-electron chi connectivity index (χ1n) is 6.34. The second-order valence-corrected chi connectivity index (χ2v) is 5.81. The van der Waals surface area contributed by atoms with Crippen LogP contribution in [0.15, 0.2) is 60.7 Å². The maximum atomic E-state index is 11.4. The topological polar surface area (TPSA) is 76.4 Å². The summed E-state index contributed by atoms with van der Waals surface area (Å²) >= 11 is 0. The van der Waals surface area contributed by atoms with Gasteiger partial charge in [-0.3, -0.25) is 4.57 Å². The summed E-state index contributed by atoms with van der Waals surface area (Å²) in [7, 11) is -4.52. The van der Waals surface area contributed by atoms with E-state index in [-0.39, 0.29) is 64.5 Å². The molecule has 2 rings (SSSR count). The van der Waals surface area contributed by atoms with Crippen molar-refractivity contribution in [3.8, 4) is 5.81 Å². The molecule has 0 aliphatic carbocycles. The molecule has 0 radical (unpaired) electrons. The van der Waals surface area contributed by atoms with Crippen molar-refractivity contribution in [2.75, 3.05) is 0 Å². The number of rotatable bonds is 6. The van der Waals surface area contributed by atoms with Gasteiger partial charge in [-0.25, -0.2) is 4.62 Å². The molecule has 0 heterocycles. The minimum Gasteiger partial charge on any atom is -0.766 e. The molecule has 22 heavy (non-hydrogen) atoms. The summed E-state index contributed by atoms with van der Waals surface area (Å²) in [4.78, 5) is 11.4. The number of nitrogens with zero attached hydrogens (tertiary/aromatic N) is 2. The number of nitriles is 1. The van der Waals surface area contributed by atoms with E-state index < -0.39 is 7.60 Å². The molecule has 0 bridgehead atoms. The van der Waals surface area contributed by atoms with Crippen LogP contribution in [0.1, 0.15) is 11.1 Å². The van der Waals surface area contributed by atoms with Crippen LogP contribution >= 0.6 is 7.60 Å². The molecule has 7 heteroatoms. The number of hydrogen-bond donors (Lipinski definition) is 0. The molecule has 0 aliphatic rings. The van der Waals surface area contributed by atoms with Crippen LogP contribution in [0.3, 0.4) is 0 Å². The second kappa shape index (κ2) is 9.73. The average Bonchev–Trinajstić information content (AvgIpc) is 2.49. The van der Waals surface area contributed by atoms with Gasteiger partial charge in [0.05, 0.1) is 0 Å². The molecule has 1 unspecified atom stereocenters. The van der Waals surface area contributed by atoms with E-state index in [4.69, 9.17) is 9.89 Å². The van der Waals surface area contributed by atoms with Crippen LogP contribution in [-0.2, 0) is 22.3 Å². The van der Waals surface area contributed by atoms with Crippen LogP contribution in [-0.4, -0.2) is 5.06 Å². The molecule has 5 nitrogen and oxygen atoms in total. The summed E-state index contributed by atoms with van der Waals surface area (Å²) in [5, 5.41) is 9.86. The third kappa shape index (κ3) is 6.84. The Bertz CT molecular complexity index is 620. The molecule has 0 saturated heterocycles. The maximum absolute atomic E-state index is 11.4. The van der Waals surface area contributed by atoms with E-state index in [1.807, 2.05) is 60.7 Å². The molecule has 1 atom stereocenters. The van der Waals surface area contributed by atoms with Crippen molar-refractivity contribution in [3.05, 3.63) is 71.8 Å². The third-order valence-electron chi connectivity index (χ3n) is 2.75. The Balaban J connectivity index is 0.00000242. The van der Waals surface area contributed by atoms with Crippen molar-refractivity contribution in [1.82, 2.24) is 5.06 Å². The third-order valence-corrected chi connectivity index (χ3v) is 3.44. The van der Waals surface area contributed by atoms with E-state index in [1.165, 1.54) is 10.9 Å². The number of benzene rings is 2. The molecular formula is C15H14KN2O3P. The second-order valence-electron chi connectivity index (χ2n) is 4.45. The summed E-state index contributed by atoms with van der Waals surface area (Å²) < 4.78 is 16.3. The summed E-state index contributed by atoms with van der Waals surface area (Å²) in [6.07, 6.45) is 0. The van der Waals surface area contributed by atoms with Gasteiger partial charge >= 0.3 is 51.4 Å². The smallest absolute Gasteiger partial charge is 0.766 e. The van der Waals surface area contributed by atoms with Gasteiger partial charge in [0.2, 0.25) is 0 Å². The van der Waals surface area contributed by atoms with E-state index in [2.05, 4.69) is 0 Å². The zero-order chi connectivity index (χ0) is 15.1. The van der Waals surface area contributed by atoms with Crippen molar-refractivity contribution in [3.63, 3.8) is 0 Å². The summed E-state index contributed by atoms with van der Waals surface area (Å²) in [6, 6.07) is 18.6. The van der Waals surface area contributed by atoms with Gasteiger partial charge in [0.1, 0.15) is 5.81 Å². The van der Waals surface area contributed by atoms with Crippen molar-refractivity contribution in [2.24, 2.45) is 0 Å². The maximum Gasteiger partial charge on any atom is 1.00 e. The van der Waals surface area contributed by atoms with Crippen LogP contribution < -0.4 is 56.3 Å². The van der Waals surface area contributed by atoms with Crippen LogP contribution in [0.5, 0.6) is 0 Å². The van der Waals surface area contributed by atoms with Crippen LogP contribution in [0.25, 0.3) is 0 Å². The molecule has 0 N–H and O–H groups in total. The standard InChI is InChI=1S/C15H15N2O3P.K/c16-13-21(18,19)20-17(11-14-7-3-1-4-8-14)12-15-9-5-2-6-10-15;/h1-10H,11-12H2,(H,18,19);/q;+1/p-1. The largest absolute Gasteiger partial charge is 1.00 e. The molecule has 0 fully saturated rings. The molecule has 0 spiro atoms. The van der Waals surface area contributed by atoms with Gasteiger partial charge in [0.15, 0.2) is 0 Å². The Labute approximate surface area is 172 Å². The number of hydroxylamine groups is 2. The van der Waals surface area contributed by atoms with E-state index in [9.17, 15) is 9.46 Å². The van der Waals surface area contributed by atoms with Crippen LogP contribution in [0.2, 0.25) is 0 Å². The van der Waals surface area contributed by atoms with E-state index >= 15 is 0 Å². The predicted octanol–water partition coefficient (Wildman–Crippen LogP) is -0.341. The quantitative estimate of drug-likeness (QED) is 0.408. The Morgan fingerprint density at radius 1 is 1.00 bits per heavy atom. The first kappa shape index (κ1) is 19.7. The van der Waals surface area contributed by atoms with Crippen molar-refractivity contribution in [2.45, 2.75) is 13.1 Å². The zero-order valence-electron chi connectivity index (χ0n) is 12.3. The summed E-state index contributed by atoms with van der Waals surface area (Å²) in [5.41, 5.74) is 1.79. The molecule has 0 saturated carbocycles. The zero-order valence-corrected chi connectivity index (χ0v) is 16.3. The van der Waals surface area contributed by atoms with Crippen LogP contribution in [0, 0.1) is 11.1 Å². The molecule has 0 aromatic heterocycles. The summed E-state index contributed by atoms with van der Waals surface area (Å²) in [6.45, 7) is 0.535. The predicted molar refractivity (Wildman–Crippen MR) is 76.4 cm³/mol. The molecule has 0 amide bonds. The fourth-order valence-electron chi connectivity index (χ4n) is 1.86. The van der Waals surface area contributed by atoms with Gasteiger partial charge in [-0.15, -0.1) is 0 Å². The Morgan fingerprint density at radius 2 is 1.41 bits per heavy atom. The minimum absolute atomic E-state index is 0. The van der Waals surface area contributed by atoms with Gasteiger partial charge in [-0.05, 0) is 11.1 Å². The summed E-state index contributed by atoms with van der Waals surface area (Å²) in [5.74, 6) is 1.18. The SMILES string of the molecule is N#CP(=O)([O-])ON(Cc1ccccc1)Cc1ccccc1.[K+]. The van der Waals surface area contributed by atoms with Crippen molar-refractivity contribution >= 4 is 7.60 Å². The fourth-order valence-corrected chi connectivity index (χ4v) is 2.31. The molecule has 2 aromatic carbocycles. The Morgan fingerprint density at radius 3 is 1.77 bits per heavy atom. The van der Waals surface area contributed by atoms with Gasteiger partial charge < -0.3 is 4.89 Å². The van der Waals surface area contributed by atoms with Crippen molar-refractivity contribution < 1.29 is 65.5 Å². The van der Waals surface area contributed by atoms with E-state index in [1.54, 1.807) is 0 Å². The minimum atomic E-state index is -4.52. The first-order valence-corrected chi connectivity index (χ1v) is 7.88. The van der Waals surface area contributed by atoms with Gasteiger partial charge in [0, 0.05) is 13.1 Å².